The van der Waals surface area contributed by atoms with Gasteiger partial charge in [-0.25, -0.2) is 0 Å². The van der Waals surface area contributed by atoms with Crippen LogP contribution in [0.4, 0.5) is 0 Å². The van der Waals surface area contributed by atoms with Crippen molar-refractivity contribution in [2.45, 2.75) is 25.8 Å². The molecule has 2 fully saturated rings. The number of nitrogens with one attached hydrogen (secondary N) is 1. The number of piperidine rings is 1. The lowest BCUT2D eigenvalue weighted by Crippen LogP contribution is -2.57. The van der Waals surface area contributed by atoms with E-state index < -0.39 is 0 Å². The molecule has 142 valence electrons. The van der Waals surface area contributed by atoms with Gasteiger partial charge in [0.1, 0.15) is 4.83 Å². The van der Waals surface area contributed by atoms with Crippen LogP contribution in [0.5, 0.6) is 0 Å². The predicted octanol–water partition coefficient (Wildman–Crippen LogP) is 1.40. The Morgan fingerprint density at radius 3 is 2.92 bits per heavy atom. The van der Waals surface area contributed by atoms with Crippen molar-refractivity contribution in [2.24, 2.45) is 7.05 Å². The van der Waals surface area contributed by atoms with E-state index in [0.29, 0.717) is 13.1 Å². The molecule has 0 saturated carbocycles. The minimum absolute atomic E-state index is 0. The molecule has 2 aromatic rings. The Labute approximate surface area is 162 Å². The van der Waals surface area contributed by atoms with Gasteiger partial charge in [0.05, 0.1) is 17.1 Å². The van der Waals surface area contributed by atoms with Crippen LogP contribution in [0.2, 0.25) is 0 Å². The number of carbonyl (C=O) groups excluding carboxylic acids is 2. The largest absolute Gasteiger partial charge is 0.336 e. The number of likely N-dealkylation sites (tertiary alicyclic amines) is 1. The van der Waals surface area contributed by atoms with E-state index in [4.69, 9.17) is 0 Å². The molecule has 0 radical (unpaired) electrons. The number of aryl methyl sites for hydroxylation is 2. The lowest BCUT2D eigenvalue weighted by Gasteiger charge is -2.41. The SMILES string of the molecule is Cc1nn(C)c2sc(C(=O)N3CCCC(N4CCNCC4=O)C3)cc12.Cl. The first kappa shape index (κ1) is 19.1. The van der Waals surface area contributed by atoms with Crippen LogP contribution in [0, 0.1) is 6.92 Å². The molecule has 0 spiro atoms. The van der Waals surface area contributed by atoms with Gasteiger partial charge in [-0.05, 0) is 25.8 Å². The Kier molecular flexibility index (Phi) is 5.55. The molecular weight excluding hydrogens is 374 g/mol. The van der Waals surface area contributed by atoms with Crippen LogP contribution in [0.15, 0.2) is 6.07 Å². The van der Waals surface area contributed by atoms with Crippen molar-refractivity contribution in [3.8, 4) is 0 Å². The number of hydrogen-bond acceptors (Lipinski definition) is 5. The summed E-state index contributed by atoms with van der Waals surface area (Å²) in [6.07, 6.45) is 1.92. The van der Waals surface area contributed by atoms with Crippen LogP contribution < -0.4 is 5.32 Å². The first-order valence-electron chi connectivity index (χ1n) is 8.77. The molecule has 1 atom stereocenters. The van der Waals surface area contributed by atoms with E-state index in [0.717, 1.165) is 53.3 Å². The van der Waals surface area contributed by atoms with E-state index in [1.807, 2.05) is 34.5 Å². The van der Waals surface area contributed by atoms with Gasteiger partial charge in [0, 0.05) is 44.7 Å². The molecule has 0 bridgehead atoms. The molecule has 1 N–H and O–H groups in total. The molecule has 1 unspecified atom stereocenters. The summed E-state index contributed by atoms with van der Waals surface area (Å²) in [5.41, 5.74) is 0.954. The highest BCUT2D eigenvalue weighted by molar-refractivity contribution is 7.20. The summed E-state index contributed by atoms with van der Waals surface area (Å²) in [7, 11) is 1.91. The first-order valence-corrected chi connectivity index (χ1v) is 9.59. The van der Waals surface area contributed by atoms with Crippen molar-refractivity contribution in [3.63, 3.8) is 0 Å². The van der Waals surface area contributed by atoms with Gasteiger partial charge in [0.15, 0.2) is 0 Å². The van der Waals surface area contributed by atoms with E-state index in [9.17, 15) is 9.59 Å². The number of rotatable bonds is 2. The number of aromatic nitrogens is 2. The summed E-state index contributed by atoms with van der Waals surface area (Å²) in [6.45, 7) is 5.35. The summed E-state index contributed by atoms with van der Waals surface area (Å²) >= 11 is 1.50. The summed E-state index contributed by atoms with van der Waals surface area (Å²) in [5, 5.41) is 8.56. The minimum atomic E-state index is 0. The highest BCUT2D eigenvalue weighted by atomic mass is 35.5. The number of thiophene rings is 1. The third-order valence-corrected chi connectivity index (χ3v) is 6.35. The van der Waals surface area contributed by atoms with Crippen LogP contribution in [0.3, 0.4) is 0 Å². The molecule has 0 aromatic carbocycles. The molecule has 2 aliphatic heterocycles. The number of carbonyl (C=O) groups is 2. The van der Waals surface area contributed by atoms with Crippen LogP contribution in [0.1, 0.15) is 28.2 Å². The third-order valence-electron chi connectivity index (χ3n) is 5.16. The second-order valence-corrected chi connectivity index (χ2v) is 7.88. The van der Waals surface area contributed by atoms with E-state index in [2.05, 4.69) is 10.4 Å². The van der Waals surface area contributed by atoms with Crippen LogP contribution in [-0.2, 0) is 11.8 Å². The maximum atomic E-state index is 13.0. The smallest absolute Gasteiger partial charge is 0.264 e. The van der Waals surface area contributed by atoms with Gasteiger partial charge in [-0.15, -0.1) is 23.7 Å². The number of piperazine rings is 1. The standard InChI is InChI=1S/C17H23N5O2S.ClH/c1-11-13-8-14(25-17(13)20(2)19-11)16(24)21-6-3-4-12(10-21)22-7-5-18-9-15(22)23;/h8,12,18H,3-7,9-10H2,1-2H3;1H. The maximum absolute atomic E-state index is 13.0. The van der Waals surface area contributed by atoms with Crippen molar-refractivity contribution in [1.82, 2.24) is 24.9 Å². The van der Waals surface area contributed by atoms with E-state index in [1.54, 1.807) is 0 Å². The fraction of sp³-hybridized carbons (Fsp3) is 0.588. The molecule has 7 nitrogen and oxygen atoms in total. The Balaban J connectivity index is 0.00000196. The van der Waals surface area contributed by atoms with Crippen molar-refractivity contribution in [2.75, 3.05) is 32.7 Å². The fourth-order valence-corrected chi connectivity index (χ4v) is 4.96. The lowest BCUT2D eigenvalue weighted by molar-refractivity contribution is -0.135. The molecule has 2 saturated heterocycles. The van der Waals surface area contributed by atoms with Gasteiger partial charge in [0.2, 0.25) is 5.91 Å². The summed E-state index contributed by atoms with van der Waals surface area (Å²) < 4.78 is 1.84. The number of halogens is 1. The topological polar surface area (TPSA) is 70.5 Å². The van der Waals surface area contributed by atoms with E-state index in [-0.39, 0.29) is 30.3 Å². The molecule has 2 aromatic heterocycles. The molecule has 4 rings (SSSR count). The van der Waals surface area contributed by atoms with Gasteiger partial charge in [-0.3, -0.25) is 14.3 Å². The van der Waals surface area contributed by atoms with Crippen LogP contribution >= 0.6 is 23.7 Å². The number of amides is 2. The zero-order chi connectivity index (χ0) is 17.6. The Morgan fingerprint density at radius 2 is 2.19 bits per heavy atom. The number of hydrogen-bond donors (Lipinski definition) is 1. The Hall–Kier alpha value is -1.64. The molecule has 2 amide bonds. The van der Waals surface area contributed by atoms with E-state index in [1.165, 1.54) is 11.3 Å². The first-order chi connectivity index (χ1) is 12.0. The normalized spacial score (nSPS) is 21.2. The van der Waals surface area contributed by atoms with Crippen LogP contribution in [0.25, 0.3) is 10.2 Å². The quantitative estimate of drug-likeness (QED) is 0.831. The van der Waals surface area contributed by atoms with Gasteiger partial charge >= 0.3 is 0 Å². The molecule has 9 heteroatoms. The fourth-order valence-electron chi connectivity index (χ4n) is 3.87. The van der Waals surface area contributed by atoms with Gasteiger partial charge < -0.3 is 15.1 Å². The number of nitrogens with zero attached hydrogens (tertiary/aromatic N) is 4. The highest BCUT2D eigenvalue weighted by Crippen LogP contribution is 2.29. The van der Waals surface area contributed by atoms with E-state index >= 15 is 0 Å². The average Bonchev–Trinajstić information content (AvgIpc) is 3.17. The maximum Gasteiger partial charge on any atom is 0.264 e. The van der Waals surface area contributed by atoms with Gasteiger partial charge in [-0.2, -0.15) is 5.10 Å². The second kappa shape index (κ2) is 7.54. The van der Waals surface area contributed by atoms with Crippen molar-refractivity contribution in [3.05, 3.63) is 16.6 Å². The van der Waals surface area contributed by atoms with Gasteiger partial charge in [0.25, 0.3) is 5.91 Å². The number of fused-ring (bicyclic) bond motifs is 1. The monoisotopic (exact) mass is 397 g/mol. The summed E-state index contributed by atoms with van der Waals surface area (Å²) in [5.74, 6) is 0.224. The summed E-state index contributed by atoms with van der Waals surface area (Å²) in [4.78, 5) is 30.8. The molecule has 2 aliphatic rings. The molecular formula is C17H24ClN5O2S. The molecule has 0 aliphatic carbocycles. The average molecular weight is 398 g/mol. The second-order valence-electron chi connectivity index (χ2n) is 6.85. The highest BCUT2D eigenvalue weighted by Gasteiger charge is 2.32. The van der Waals surface area contributed by atoms with Crippen molar-refractivity contribution in [1.29, 1.82) is 0 Å². The Morgan fingerprint density at radius 1 is 1.38 bits per heavy atom. The van der Waals surface area contributed by atoms with Crippen LogP contribution in [-0.4, -0.2) is 70.2 Å². The zero-order valence-electron chi connectivity index (χ0n) is 15.0. The van der Waals surface area contributed by atoms with Gasteiger partial charge in [-0.1, -0.05) is 0 Å². The van der Waals surface area contributed by atoms with Crippen molar-refractivity contribution >= 4 is 45.8 Å². The van der Waals surface area contributed by atoms with Crippen molar-refractivity contribution < 1.29 is 9.59 Å². The minimum Gasteiger partial charge on any atom is -0.336 e. The third kappa shape index (κ3) is 3.33. The summed E-state index contributed by atoms with van der Waals surface area (Å²) in [6, 6.07) is 2.11. The lowest BCUT2D eigenvalue weighted by atomic mass is 10.0. The molecule has 4 heterocycles. The predicted molar refractivity (Wildman–Crippen MR) is 104 cm³/mol. The zero-order valence-corrected chi connectivity index (χ0v) is 16.7. The Bertz CT molecular complexity index is 798. The molecule has 26 heavy (non-hydrogen) atoms.